The molecule has 1 saturated heterocycles. The Hall–Kier alpha value is -2.27. The van der Waals surface area contributed by atoms with Crippen molar-refractivity contribution in [3.05, 3.63) is 42.4 Å². The van der Waals surface area contributed by atoms with E-state index in [1.54, 1.807) is 0 Å². The standard InChI is InChI=1S/C18H21N5/c1-13-17(21-16-8-4-3-7-15(16)20-13)18-19-9-11-23(18)14-6-5-10-22(2)12-14/h3-4,7-9,11,14H,5-6,10,12H2,1-2H3. The van der Waals surface area contributed by atoms with E-state index in [2.05, 4.69) is 27.7 Å². The van der Waals surface area contributed by atoms with E-state index >= 15 is 0 Å². The number of piperidine rings is 1. The number of para-hydroxylation sites is 2. The number of rotatable bonds is 2. The number of likely N-dealkylation sites (tertiary alicyclic amines) is 1. The number of likely N-dealkylation sites (N-methyl/N-ethyl adjacent to an activating group) is 1. The molecule has 5 nitrogen and oxygen atoms in total. The first-order valence-corrected chi connectivity index (χ1v) is 8.17. The number of aromatic nitrogens is 4. The highest BCUT2D eigenvalue weighted by molar-refractivity contribution is 5.77. The highest BCUT2D eigenvalue weighted by Crippen LogP contribution is 2.28. The van der Waals surface area contributed by atoms with Crippen molar-refractivity contribution in [2.45, 2.75) is 25.8 Å². The van der Waals surface area contributed by atoms with E-state index in [-0.39, 0.29) is 0 Å². The summed E-state index contributed by atoms with van der Waals surface area (Å²) in [6.07, 6.45) is 6.37. The van der Waals surface area contributed by atoms with Crippen LogP contribution in [0.15, 0.2) is 36.7 Å². The van der Waals surface area contributed by atoms with Crippen LogP contribution in [0.3, 0.4) is 0 Å². The molecule has 2 aromatic heterocycles. The molecule has 118 valence electrons. The molecule has 0 aliphatic carbocycles. The van der Waals surface area contributed by atoms with Gasteiger partial charge in [-0.15, -0.1) is 0 Å². The van der Waals surface area contributed by atoms with Crippen molar-refractivity contribution in [2.75, 3.05) is 20.1 Å². The molecular weight excluding hydrogens is 286 g/mol. The molecule has 1 atom stereocenters. The highest BCUT2D eigenvalue weighted by atomic mass is 15.2. The van der Waals surface area contributed by atoms with Crippen molar-refractivity contribution in [1.82, 2.24) is 24.4 Å². The van der Waals surface area contributed by atoms with Crippen LogP contribution >= 0.6 is 0 Å². The van der Waals surface area contributed by atoms with Crippen LogP contribution in [0, 0.1) is 6.92 Å². The molecule has 23 heavy (non-hydrogen) atoms. The predicted molar refractivity (Wildman–Crippen MR) is 91.3 cm³/mol. The zero-order valence-corrected chi connectivity index (χ0v) is 13.6. The Balaban J connectivity index is 1.79. The van der Waals surface area contributed by atoms with Crippen LogP contribution in [-0.4, -0.2) is 44.6 Å². The third-order valence-corrected chi connectivity index (χ3v) is 4.62. The fourth-order valence-corrected chi connectivity index (χ4v) is 3.46. The molecule has 5 heteroatoms. The van der Waals surface area contributed by atoms with Crippen molar-refractivity contribution < 1.29 is 0 Å². The number of nitrogens with zero attached hydrogens (tertiary/aromatic N) is 5. The molecule has 0 saturated carbocycles. The SMILES string of the molecule is Cc1nc2ccccc2nc1-c1nccn1C1CCCN(C)C1. The summed E-state index contributed by atoms with van der Waals surface area (Å²) >= 11 is 0. The van der Waals surface area contributed by atoms with E-state index in [0.29, 0.717) is 6.04 Å². The summed E-state index contributed by atoms with van der Waals surface area (Å²) in [7, 11) is 2.18. The van der Waals surface area contributed by atoms with Gasteiger partial charge in [-0.1, -0.05) is 12.1 Å². The molecule has 0 radical (unpaired) electrons. The first kappa shape index (κ1) is 14.3. The zero-order chi connectivity index (χ0) is 15.8. The van der Waals surface area contributed by atoms with E-state index in [4.69, 9.17) is 9.97 Å². The fraction of sp³-hybridized carbons (Fsp3) is 0.389. The lowest BCUT2D eigenvalue weighted by molar-refractivity contribution is 0.213. The van der Waals surface area contributed by atoms with Crippen molar-refractivity contribution in [3.63, 3.8) is 0 Å². The molecule has 3 aromatic rings. The maximum atomic E-state index is 4.83. The van der Waals surface area contributed by atoms with Gasteiger partial charge in [-0.2, -0.15) is 0 Å². The molecule has 1 unspecified atom stereocenters. The molecular formula is C18H21N5. The van der Waals surface area contributed by atoms with Crippen LogP contribution in [0.4, 0.5) is 0 Å². The van der Waals surface area contributed by atoms with E-state index in [1.165, 1.54) is 19.4 Å². The third kappa shape index (κ3) is 2.61. The van der Waals surface area contributed by atoms with E-state index in [9.17, 15) is 0 Å². The maximum Gasteiger partial charge on any atom is 0.160 e. The second-order valence-electron chi connectivity index (χ2n) is 6.36. The Morgan fingerprint density at radius 2 is 1.91 bits per heavy atom. The minimum atomic E-state index is 0.457. The zero-order valence-electron chi connectivity index (χ0n) is 13.6. The molecule has 0 bridgehead atoms. The van der Waals surface area contributed by atoms with Gasteiger partial charge in [0.05, 0.1) is 16.7 Å². The minimum Gasteiger partial charge on any atom is -0.325 e. The highest BCUT2D eigenvalue weighted by Gasteiger charge is 2.22. The fourth-order valence-electron chi connectivity index (χ4n) is 3.46. The third-order valence-electron chi connectivity index (χ3n) is 4.62. The Bertz CT molecular complexity index is 838. The number of fused-ring (bicyclic) bond motifs is 1. The minimum absolute atomic E-state index is 0.457. The number of aryl methyl sites for hydroxylation is 1. The van der Waals surface area contributed by atoms with E-state index in [1.807, 2.05) is 37.4 Å². The maximum absolute atomic E-state index is 4.83. The molecule has 0 spiro atoms. The van der Waals surface area contributed by atoms with Gasteiger partial charge in [-0.05, 0) is 45.5 Å². The van der Waals surface area contributed by atoms with Crippen LogP contribution in [0.25, 0.3) is 22.6 Å². The van der Waals surface area contributed by atoms with Gasteiger partial charge in [0.15, 0.2) is 5.82 Å². The van der Waals surface area contributed by atoms with Gasteiger partial charge in [-0.3, -0.25) is 0 Å². The molecule has 4 rings (SSSR count). The normalized spacial score (nSPS) is 19.3. The monoisotopic (exact) mass is 307 g/mol. The molecule has 1 fully saturated rings. The summed E-state index contributed by atoms with van der Waals surface area (Å²) in [6, 6.07) is 8.46. The van der Waals surface area contributed by atoms with Gasteiger partial charge in [-0.25, -0.2) is 15.0 Å². The number of benzene rings is 1. The van der Waals surface area contributed by atoms with E-state index < -0.39 is 0 Å². The van der Waals surface area contributed by atoms with Gasteiger partial charge in [0.1, 0.15) is 5.69 Å². The van der Waals surface area contributed by atoms with E-state index in [0.717, 1.165) is 34.8 Å². The summed E-state index contributed by atoms with van der Waals surface area (Å²) in [5, 5.41) is 0. The quantitative estimate of drug-likeness (QED) is 0.730. The number of hydrogen-bond donors (Lipinski definition) is 0. The Morgan fingerprint density at radius 1 is 1.13 bits per heavy atom. The number of imidazole rings is 1. The Labute approximate surface area is 136 Å². The summed E-state index contributed by atoms with van der Waals surface area (Å²) in [4.78, 5) is 16.5. The number of hydrogen-bond acceptors (Lipinski definition) is 4. The second-order valence-corrected chi connectivity index (χ2v) is 6.36. The molecule has 3 heterocycles. The first-order chi connectivity index (χ1) is 11.2. The second kappa shape index (κ2) is 5.74. The summed E-state index contributed by atoms with van der Waals surface area (Å²) in [6.45, 7) is 4.25. The predicted octanol–water partition coefficient (Wildman–Crippen LogP) is 3.07. The summed E-state index contributed by atoms with van der Waals surface area (Å²) in [5.41, 5.74) is 3.68. The average molecular weight is 307 g/mol. The van der Waals surface area contributed by atoms with Crippen molar-refractivity contribution in [3.8, 4) is 11.5 Å². The molecule has 1 aliphatic heterocycles. The topological polar surface area (TPSA) is 46.8 Å². The Morgan fingerprint density at radius 3 is 2.70 bits per heavy atom. The average Bonchev–Trinajstić information content (AvgIpc) is 3.03. The summed E-state index contributed by atoms with van der Waals surface area (Å²) < 4.78 is 2.28. The largest absolute Gasteiger partial charge is 0.325 e. The molecule has 1 aromatic carbocycles. The first-order valence-electron chi connectivity index (χ1n) is 8.17. The van der Waals surface area contributed by atoms with Crippen molar-refractivity contribution >= 4 is 11.0 Å². The van der Waals surface area contributed by atoms with Crippen LogP contribution in [0.2, 0.25) is 0 Å². The molecule has 0 amide bonds. The van der Waals surface area contributed by atoms with Crippen molar-refractivity contribution in [1.29, 1.82) is 0 Å². The molecule has 0 N–H and O–H groups in total. The Kier molecular flexibility index (Phi) is 3.58. The van der Waals surface area contributed by atoms with Crippen LogP contribution < -0.4 is 0 Å². The van der Waals surface area contributed by atoms with Crippen LogP contribution in [0.1, 0.15) is 24.6 Å². The van der Waals surface area contributed by atoms with Gasteiger partial charge in [0, 0.05) is 25.0 Å². The van der Waals surface area contributed by atoms with Crippen LogP contribution in [-0.2, 0) is 0 Å². The van der Waals surface area contributed by atoms with Gasteiger partial charge in [0.25, 0.3) is 0 Å². The van der Waals surface area contributed by atoms with Gasteiger partial charge < -0.3 is 9.47 Å². The van der Waals surface area contributed by atoms with Crippen molar-refractivity contribution in [2.24, 2.45) is 0 Å². The van der Waals surface area contributed by atoms with Gasteiger partial charge in [0.2, 0.25) is 0 Å². The van der Waals surface area contributed by atoms with Crippen LogP contribution in [0.5, 0.6) is 0 Å². The summed E-state index contributed by atoms with van der Waals surface area (Å²) in [5.74, 6) is 0.932. The smallest absolute Gasteiger partial charge is 0.160 e. The molecule has 1 aliphatic rings. The lowest BCUT2D eigenvalue weighted by atomic mass is 10.1. The van der Waals surface area contributed by atoms with Gasteiger partial charge >= 0.3 is 0 Å². The lowest BCUT2D eigenvalue weighted by Gasteiger charge is -2.31. The lowest BCUT2D eigenvalue weighted by Crippen LogP contribution is -2.33.